The molecular weight excluding hydrogens is 266 g/mol. The van der Waals surface area contributed by atoms with Gasteiger partial charge in [-0.25, -0.2) is 17.5 Å². The smallest absolute Gasteiger partial charge is 0.328 e. The lowest BCUT2D eigenvalue weighted by molar-refractivity contribution is -0.131. The zero-order valence-corrected chi connectivity index (χ0v) is 11.7. The number of carboxylic acid groups (broad SMARTS) is 1. The van der Waals surface area contributed by atoms with Crippen LogP contribution in [0.15, 0.2) is 30.3 Å². The SMILES string of the molecule is CCS(=O)(=O)N(C)Cc1ccc(/C=C/C(=O)O)cc1. The highest BCUT2D eigenvalue weighted by Gasteiger charge is 2.14. The predicted octanol–water partition coefficient (Wildman–Crippen LogP) is 1.57. The van der Waals surface area contributed by atoms with Crippen LogP contribution < -0.4 is 0 Å². The molecule has 19 heavy (non-hydrogen) atoms. The minimum absolute atomic E-state index is 0.0724. The molecule has 0 heterocycles. The summed E-state index contributed by atoms with van der Waals surface area (Å²) in [5.74, 6) is -0.930. The summed E-state index contributed by atoms with van der Waals surface area (Å²) < 4.78 is 24.5. The molecule has 1 aromatic carbocycles. The molecule has 0 aliphatic rings. The topological polar surface area (TPSA) is 74.7 Å². The van der Waals surface area contributed by atoms with Crippen molar-refractivity contribution in [3.8, 4) is 0 Å². The highest BCUT2D eigenvalue weighted by atomic mass is 32.2. The van der Waals surface area contributed by atoms with Gasteiger partial charge in [-0.3, -0.25) is 0 Å². The fourth-order valence-corrected chi connectivity index (χ4v) is 2.26. The number of benzene rings is 1. The number of hydrogen-bond acceptors (Lipinski definition) is 3. The Balaban J connectivity index is 2.75. The second-order valence-electron chi connectivity index (χ2n) is 4.07. The van der Waals surface area contributed by atoms with Crippen LogP contribution in [0.5, 0.6) is 0 Å². The van der Waals surface area contributed by atoms with Crippen molar-refractivity contribution < 1.29 is 18.3 Å². The van der Waals surface area contributed by atoms with E-state index in [1.54, 1.807) is 31.2 Å². The molecule has 1 rings (SSSR count). The van der Waals surface area contributed by atoms with Gasteiger partial charge in [0.15, 0.2) is 0 Å². The number of carboxylic acids is 1. The summed E-state index contributed by atoms with van der Waals surface area (Å²) in [4.78, 5) is 10.4. The second-order valence-corrected chi connectivity index (χ2v) is 6.43. The zero-order chi connectivity index (χ0) is 14.5. The van der Waals surface area contributed by atoms with Crippen molar-refractivity contribution in [1.29, 1.82) is 0 Å². The fraction of sp³-hybridized carbons (Fsp3) is 0.308. The number of nitrogens with zero attached hydrogens (tertiary/aromatic N) is 1. The highest BCUT2D eigenvalue weighted by Crippen LogP contribution is 2.10. The minimum Gasteiger partial charge on any atom is -0.478 e. The van der Waals surface area contributed by atoms with Crippen molar-refractivity contribution in [3.63, 3.8) is 0 Å². The molecule has 104 valence electrons. The van der Waals surface area contributed by atoms with Crippen LogP contribution in [0.4, 0.5) is 0 Å². The third-order valence-electron chi connectivity index (χ3n) is 2.64. The van der Waals surface area contributed by atoms with Gasteiger partial charge in [-0.05, 0) is 24.1 Å². The van der Waals surface area contributed by atoms with Crippen LogP contribution in [0.2, 0.25) is 0 Å². The Kier molecular flexibility index (Phi) is 5.26. The molecule has 0 saturated heterocycles. The third kappa shape index (κ3) is 4.84. The van der Waals surface area contributed by atoms with Crippen LogP contribution in [0.25, 0.3) is 6.08 Å². The Morgan fingerprint density at radius 3 is 2.37 bits per heavy atom. The van der Waals surface area contributed by atoms with E-state index < -0.39 is 16.0 Å². The number of sulfonamides is 1. The number of hydrogen-bond donors (Lipinski definition) is 1. The molecule has 0 atom stereocenters. The van der Waals surface area contributed by atoms with Crippen molar-refractivity contribution >= 4 is 22.1 Å². The maximum Gasteiger partial charge on any atom is 0.328 e. The lowest BCUT2D eigenvalue weighted by Crippen LogP contribution is -2.27. The molecule has 5 nitrogen and oxygen atoms in total. The molecule has 0 spiro atoms. The zero-order valence-electron chi connectivity index (χ0n) is 10.9. The van der Waals surface area contributed by atoms with Crippen molar-refractivity contribution in [2.45, 2.75) is 13.5 Å². The largest absolute Gasteiger partial charge is 0.478 e. The lowest BCUT2D eigenvalue weighted by Gasteiger charge is -2.15. The van der Waals surface area contributed by atoms with E-state index in [9.17, 15) is 13.2 Å². The van der Waals surface area contributed by atoms with Crippen LogP contribution in [0.3, 0.4) is 0 Å². The monoisotopic (exact) mass is 283 g/mol. The molecule has 0 radical (unpaired) electrons. The second kappa shape index (κ2) is 6.49. The summed E-state index contributed by atoms with van der Waals surface area (Å²) in [5.41, 5.74) is 1.61. The van der Waals surface area contributed by atoms with Crippen molar-refractivity contribution in [2.24, 2.45) is 0 Å². The summed E-state index contributed by atoms with van der Waals surface area (Å²) in [5, 5.41) is 8.50. The van der Waals surface area contributed by atoms with Gasteiger partial charge in [0, 0.05) is 19.7 Å². The Labute approximate surface area is 113 Å². The van der Waals surface area contributed by atoms with E-state index in [1.807, 2.05) is 0 Å². The molecule has 0 aliphatic heterocycles. The van der Waals surface area contributed by atoms with E-state index in [0.29, 0.717) is 6.54 Å². The van der Waals surface area contributed by atoms with Gasteiger partial charge in [0.1, 0.15) is 0 Å². The number of rotatable bonds is 6. The normalized spacial score (nSPS) is 12.2. The van der Waals surface area contributed by atoms with E-state index in [4.69, 9.17) is 5.11 Å². The van der Waals surface area contributed by atoms with E-state index in [1.165, 1.54) is 17.4 Å². The summed E-state index contributed by atoms with van der Waals surface area (Å²) in [7, 11) is -1.65. The van der Waals surface area contributed by atoms with Crippen LogP contribution in [0, 0.1) is 0 Å². The standard InChI is InChI=1S/C13H17NO4S/c1-3-19(17,18)14(2)10-12-6-4-11(5-7-12)8-9-13(15)16/h4-9H,3,10H2,1-2H3,(H,15,16)/b9-8+. The molecule has 0 amide bonds. The van der Waals surface area contributed by atoms with Crippen LogP contribution in [-0.4, -0.2) is 36.6 Å². The van der Waals surface area contributed by atoms with Gasteiger partial charge in [0.05, 0.1) is 5.75 Å². The minimum atomic E-state index is -3.19. The maximum absolute atomic E-state index is 11.6. The Morgan fingerprint density at radius 1 is 1.32 bits per heavy atom. The van der Waals surface area contributed by atoms with E-state index in [0.717, 1.165) is 17.2 Å². The summed E-state index contributed by atoms with van der Waals surface area (Å²) >= 11 is 0. The van der Waals surface area contributed by atoms with Crippen molar-refractivity contribution in [3.05, 3.63) is 41.5 Å². The first-order chi connectivity index (χ1) is 8.85. The van der Waals surface area contributed by atoms with Crippen LogP contribution in [0.1, 0.15) is 18.1 Å². The molecule has 0 unspecified atom stereocenters. The average molecular weight is 283 g/mol. The molecule has 0 aliphatic carbocycles. The first-order valence-electron chi connectivity index (χ1n) is 5.79. The maximum atomic E-state index is 11.6. The average Bonchev–Trinajstić information content (AvgIpc) is 2.37. The third-order valence-corrected chi connectivity index (χ3v) is 4.45. The Bertz CT molecular complexity index is 561. The van der Waals surface area contributed by atoms with Crippen LogP contribution >= 0.6 is 0 Å². The summed E-state index contributed by atoms with van der Waals surface area (Å²) in [6.45, 7) is 1.91. The predicted molar refractivity (Wildman–Crippen MR) is 74.0 cm³/mol. The van der Waals surface area contributed by atoms with Gasteiger partial charge in [-0.15, -0.1) is 0 Å². The van der Waals surface area contributed by atoms with Gasteiger partial charge >= 0.3 is 5.97 Å². The lowest BCUT2D eigenvalue weighted by atomic mass is 10.1. The van der Waals surface area contributed by atoms with Gasteiger partial charge in [0.25, 0.3) is 0 Å². The fourth-order valence-electron chi connectivity index (χ4n) is 1.48. The number of aliphatic carboxylic acids is 1. The van der Waals surface area contributed by atoms with Crippen molar-refractivity contribution in [1.82, 2.24) is 4.31 Å². The molecule has 0 saturated carbocycles. The first kappa shape index (κ1) is 15.4. The molecule has 6 heteroatoms. The molecule has 1 aromatic rings. The summed E-state index contributed by atoms with van der Waals surface area (Å²) in [6, 6.07) is 7.06. The van der Waals surface area contributed by atoms with Gasteiger partial charge in [0.2, 0.25) is 10.0 Å². The van der Waals surface area contributed by atoms with Gasteiger partial charge in [-0.2, -0.15) is 0 Å². The number of carbonyl (C=O) groups is 1. The van der Waals surface area contributed by atoms with Gasteiger partial charge in [-0.1, -0.05) is 24.3 Å². The molecular formula is C13H17NO4S. The van der Waals surface area contributed by atoms with Crippen LogP contribution in [-0.2, 0) is 21.4 Å². The summed E-state index contributed by atoms with van der Waals surface area (Å²) in [6.07, 6.45) is 2.54. The first-order valence-corrected chi connectivity index (χ1v) is 7.40. The Morgan fingerprint density at radius 2 is 1.89 bits per heavy atom. The van der Waals surface area contributed by atoms with Crippen molar-refractivity contribution in [2.75, 3.05) is 12.8 Å². The van der Waals surface area contributed by atoms with E-state index >= 15 is 0 Å². The molecule has 1 N–H and O–H groups in total. The molecule has 0 fully saturated rings. The molecule has 0 bridgehead atoms. The molecule has 0 aromatic heterocycles. The quantitative estimate of drug-likeness (QED) is 0.804. The highest BCUT2D eigenvalue weighted by molar-refractivity contribution is 7.89. The van der Waals surface area contributed by atoms with E-state index in [-0.39, 0.29) is 5.75 Å². The van der Waals surface area contributed by atoms with Gasteiger partial charge < -0.3 is 5.11 Å². The van der Waals surface area contributed by atoms with E-state index in [2.05, 4.69) is 0 Å². The Hall–Kier alpha value is -1.66.